The summed E-state index contributed by atoms with van der Waals surface area (Å²) >= 11 is 0. The molecule has 0 fully saturated rings. The van der Waals surface area contributed by atoms with E-state index in [9.17, 15) is 4.79 Å². The third kappa shape index (κ3) is 2.99. The zero-order valence-electron chi connectivity index (χ0n) is 14.0. The number of ether oxygens (including phenoxy) is 3. The standard InChI is InChI=1S/C18H20N2O4/c1-22-15-8-12-5-7-20(11-14(12)9-16(15)23-2)18(21)13-4-6-19-17(10-13)24-3/h4,6,8-10H,5,7,11H2,1-3H3. The van der Waals surface area contributed by atoms with Crippen LogP contribution in [0.3, 0.4) is 0 Å². The van der Waals surface area contributed by atoms with E-state index in [1.165, 1.54) is 12.7 Å². The Labute approximate surface area is 141 Å². The number of hydrogen-bond acceptors (Lipinski definition) is 5. The van der Waals surface area contributed by atoms with Crippen LogP contribution in [0, 0.1) is 0 Å². The molecular formula is C18H20N2O4. The fraction of sp³-hybridized carbons (Fsp3) is 0.333. The van der Waals surface area contributed by atoms with Gasteiger partial charge < -0.3 is 19.1 Å². The van der Waals surface area contributed by atoms with E-state index >= 15 is 0 Å². The van der Waals surface area contributed by atoms with Gasteiger partial charge in [0.2, 0.25) is 5.88 Å². The van der Waals surface area contributed by atoms with Gasteiger partial charge in [-0.25, -0.2) is 4.98 Å². The molecule has 0 aliphatic carbocycles. The molecule has 1 aliphatic rings. The second kappa shape index (κ2) is 6.78. The van der Waals surface area contributed by atoms with Crippen molar-refractivity contribution >= 4 is 5.91 Å². The van der Waals surface area contributed by atoms with Crippen molar-refractivity contribution < 1.29 is 19.0 Å². The molecule has 0 radical (unpaired) electrons. The predicted octanol–water partition coefficient (Wildman–Crippen LogP) is 2.31. The molecule has 0 unspecified atom stereocenters. The first kappa shape index (κ1) is 16.1. The van der Waals surface area contributed by atoms with Crippen LogP contribution in [0.15, 0.2) is 30.5 Å². The van der Waals surface area contributed by atoms with Crippen LogP contribution in [-0.4, -0.2) is 43.7 Å². The summed E-state index contributed by atoms with van der Waals surface area (Å²) in [5.41, 5.74) is 2.84. The zero-order valence-corrected chi connectivity index (χ0v) is 14.0. The highest BCUT2D eigenvalue weighted by atomic mass is 16.5. The van der Waals surface area contributed by atoms with E-state index in [2.05, 4.69) is 4.98 Å². The molecule has 0 saturated carbocycles. The minimum Gasteiger partial charge on any atom is -0.493 e. The third-order valence-corrected chi connectivity index (χ3v) is 4.20. The molecule has 0 saturated heterocycles. The first-order valence-corrected chi connectivity index (χ1v) is 7.69. The van der Waals surface area contributed by atoms with Gasteiger partial charge in [0.05, 0.1) is 21.3 Å². The van der Waals surface area contributed by atoms with Crippen molar-refractivity contribution in [2.45, 2.75) is 13.0 Å². The number of carbonyl (C=O) groups excluding carboxylic acids is 1. The van der Waals surface area contributed by atoms with E-state index in [1.54, 1.807) is 32.5 Å². The van der Waals surface area contributed by atoms with Gasteiger partial charge in [0.1, 0.15) is 0 Å². The third-order valence-electron chi connectivity index (χ3n) is 4.20. The molecular weight excluding hydrogens is 308 g/mol. The molecule has 1 aromatic heterocycles. The van der Waals surface area contributed by atoms with Crippen molar-refractivity contribution in [2.75, 3.05) is 27.9 Å². The average Bonchev–Trinajstić information content (AvgIpc) is 2.65. The van der Waals surface area contributed by atoms with E-state index in [0.717, 1.165) is 17.7 Å². The van der Waals surface area contributed by atoms with E-state index in [4.69, 9.17) is 14.2 Å². The molecule has 6 nitrogen and oxygen atoms in total. The molecule has 126 valence electrons. The Hall–Kier alpha value is -2.76. The summed E-state index contributed by atoms with van der Waals surface area (Å²) in [6.07, 6.45) is 2.36. The monoisotopic (exact) mass is 328 g/mol. The smallest absolute Gasteiger partial charge is 0.254 e. The van der Waals surface area contributed by atoms with E-state index in [-0.39, 0.29) is 5.91 Å². The fourth-order valence-electron chi connectivity index (χ4n) is 2.89. The quantitative estimate of drug-likeness (QED) is 0.862. The van der Waals surface area contributed by atoms with Crippen LogP contribution in [0.5, 0.6) is 17.4 Å². The maximum atomic E-state index is 12.7. The van der Waals surface area contributed by atoms with Crippen LogP contribution in [0.25, 0.3) is 0 Å². The van der Waals surface area contributed by atoms with Gasteiger partial charge >= 0.3 is 0 Å². The molecule has 6 heteroatoms. The number of benzene rings is 1. The maximum absolute atomic E-state index is 12.7. The maximum Gasteiger partial charge on any atom is 0.254 e. The topological polar surface area (TPSA) is 60.9 Å². The molecule has 1 amide bonds. The van der Waals surface area contributed by atoms with Crippen molar-refractivity contribution in [1.82, 2.24) is 9.88 Å². The summed E-state index contributed by atoms with van der Waals surface area (Å²) in [5, 5.41) is 0. The fourth-order valence-corrected chi connectivity index (χ4v) is 2.89. The number of pyridine rings is 1. The minimum absolute atomic E-state index is 0.0314. The lowest BCUT2D eigenvalue weighted by atomic mass is 9.98. The number of aromatic nitrogens is 1. The molecule has 0 N–H and O–H groups in total. The summed E-state index contributed by atoms with van der Waals surface area (Å²) in [4.78, 5) is 18.6. The molecule has 1 aliphatic heterocycles. The van der Waals surface area contributed by atoms with Crippen LogP contribution < -0.4 is 14.2 Å². The van der Waals surface area contributed by atoms with Crippen LogP contribution in [0.1, 0.15) is 21.5 Å². The van der Waals surface area contributed by atoms with Gasteiger partial charge in [-0.3, -0.25) is 4.79 Å². The second-order valence-electron chi connectivity index (χ2n) is 5.54. The number of nitrogens with zero attached hydrogens (tertiary/aromatic N) is 2. The summed E-state index contributed by atoms with van der Waals surface area (Å²) in [5.74, 6) is 1.80. The lowest BCUT2D eigenvalue weighted by molar-refractivity contribution is 0.0734. The highest BCUT2D eigenvalue weighted by molar-refractivity contribution is 5.94. The minimum atomic E-state index is -0.0314. The highest BCUT2D eigenvalue weighted by Gasteiger charge is 2.24. The van der Waals surface area contributed by atoms with Crippen molar-refractivity contribution in [2.24, 2.45) is 0 Å². The molecule has 2 heterocycles. The number of carbonyl (C=O) groups is 1. The lowest BCUT2D eigenvalue weighted by Crippen LogP contribution is -2.36. The first-order valence-electron chi connectivity index (χ1n) is 7.69. The van der Waals surface area contributed by atoms with E-state index in [0.29, 0.717) is 30.3 Å². The first-order chi connectivity index (χ1) is 11.7. The van der Waals surface area contributed by atoms with Crippen LogP contribution in [-0.2, 0) is 13.0 Å². The molecule has 0 spiro atoms. The van der Waals surface area contributed by atoms with Crippen LogP contribution in [0.4, 0.5) is 0 Å². The van der Waals surface area contributed by atoms with Crippen molar-refractivity contribution in [1.29, 1.82) is 0 Å². The van der Waals surface area contributed by atoms with Gasteiger partial charge in [0, 0.05) is 30.9 Å². The van der Waals surface area contributed by atoms with Crippen molar-refractivity contribution in [3.8, 4) is 17.4 Å². The zero-order chi connectivity index (χ0) is 17.1. The molecule has 24 heavy (non-hydrogen) atoms. The second-order valence-corrected chi connectivity index (χ2v) is 5.54. The molecule has 3 rings (SSSR count). The van der Waals surface area contributed by atoms with Gasteiger partial charge in [-0.2, -0.15) is 0 Å². The average molecular weight is 328 g/mol. The molecule has 0 bridgehead atoms. The van der Waals surface area contributed by atoms with E-state index in [1.807, 2.05) is 17.0 Å². The lowest BCUT2D eigenvalue weighted by Gasteiger charge is -2.29. The Morgan fingerprint density at radius 3 is 2.42 bits per heavy atom. The van der Waals surface area contributed by atoms with Gasteiger partial charge in [-0.05, 0) is 35.7 Å². The number of rotatable bonds is 4. The Balaban J connectivity index is 1.85. The van der Waals surface area contributed by atoms with Crippen LogP contribution >= 0.6 is 0 Å². The van der Waals surface area contributed by atoms with Gasteiger partial charge in [0.25, 0.3) is 5.91 Å². The normalized spacial score (nSPS) is 13.2. The van der Waals surface area contributed by atoms with Gasteiger partial charge in [-0.1, -0.05) is 0 Å². The summed E-state index contributed by atoms with van der Waals surface area (Å²) in [6, 6.07) is 7.30. The SMILES string of the molecule is COc1cc(C(=O)N2CCc3cc(OC)c(OC)cc3C2)ccn1. The predicted molar refractivity (Wildman–Crippen MR) is 88.8 cm³/mol. The van der Waals surface area contributed by atoms with E-state index < -0.39 is 0 Å². The Morgan fingerprint density at radius 1 is 1.04 bits per heavy atom. The van der Waals surface area contributed by atoms with Crippen molar-refractivity contribution in [3.63, 3.8) is 0 Å². The summed E-state index contributed by atoms with van der Waals surface area (Å²) < 4.78 is 15.8. The number of fused-ring (bicyclic) bond motifs is 1. The largest absolute Gasteiger partial charge is 0.493 e. The van der Waals surface area contributed by atoms with Gasteiger partial charge in [0.15, 0.2) is 11.5 Å². The molecule has 1 aromatic carbocycles. The Morgan fingerprint density at radius 2 is 1.75 bits per heavy atom. The van der Waals surface area contributed by atoms with Gasteiger partial charge in [-0.15, -0.1) is 0 Å². The molecule has 2 aromatic rings. The summed E-state index contributed by atoms with van der Waals surface area (Å²) in [6.45, 7) is 1.20. The number of amides is 1. The Bertz CT molecular complexity index is 761. The summed E-state index contributed by atoms with van der Waals surface area (Å²) in [7, 11) is 4.77. The highest BCUT2D eigenvalue weighted by Crippen LogP contribution is 2.33. The van der Waals surface area contributed by atoms with Crippen molar-refractivity contribution in [3.05, 3.63) is 47.2 Å². The molecule has 0 atom stereocenters. The number of methoxy groups -OCH3 is 3. The van der Waals surface area contributed by atoms with Crippen LogP contribution in [0.2, 0.25) is 0 Å². The number of hydrogen-bond donors (Lipinski definition) is 0. The Kier molecular flexibility index (Phi) is 4.55.